The lowest BCUT2D eigenvalue weighted by Gasteiger charge is -2.16. The Morgan fingerprint density at radius 1 is 0.520 bits per heavy atom. The highest BCUT2D eigenvalue weighted by atomic mass is 16.7. The van der Waals surface area contributed by atoms with Crippen molar-refractivity contribution in [2.24, 2.45) is 0 Å². The van der Waals surface area contributed by atoms with Gasteiger partial charge in [-0.1, -0.05) is 60.7 Å². The van der Waals surface area contributed by atoms with Gasteiger partial charge in [0.15, 0.2) is 23.1 Å². The fraction of sp³-hybridized carbons (Fsp3) is 0.0476. The van der Waals surface area contributed by atoms with Crippen LogP contribution in [0.2, 0.25) is 0 Å². The average Bonchev–Trinajstić information content (AvgIpc) is 3.15. The molecule has 0 amide bonds. The first-order valence-electron chi connectivity index (χ1n) is 7.88. The summed E-state index contributed by atoms with van der Waals surface area (Å²) in [5, 5.41) is 0. The van der Waals surface area contributed by atoms with Crippen LogP contribution in [-0.2, 0) is 0 Å². The van der Waals surface area contributed by atoms with E-state index in [0.29, 0.717) is 29.0 Å². The molecule has 1 heterocycles. The van der Waals surface area contributed by atoms with Crippen LogP contribution in [0.4, 0.5) is 0 Å². The first kappa shape index (κ1) is 15.1. The fourth-order valence-corrected chi connectivity index (χ4v) is 2.89. The normalized spacial score (nSPS) is 13.4. The molecule has 122 valence electrons. The monoisotopic (exact) mass is 330 g/mol. The minimum absolute atomic E-state index is 0.0641. The van der Waals surface area contributed by atoms with Gasteiger partial charge in [0.2, 0.25) is 6.79 Å². The van der Waals surface area contributed by atoms with Gasteiger partial charge in [0.25, 0.3) is 0 Å². The van der Waals surface area contributed by atoms with E-state index in [2.05, 4.69) is 0 Å². The Bertz CT molecular complexity index is 846. The molecule has 0 N–H and O–H groups in total. The van der Waals surface area contributed by atoms with Crippen molar-refractivity contribution in [1.29, 1.82) is 0 Å². The quantitative estimate of drug-likeness (QED) is 0.491. The van der Waals surface area contributed by atoms with Crippen molar-refractivity contribution in [1.82, 2.24) is 0 Å². The third-order valence-corrected chi connectivity index (χ3v) is 4.11. The van der Waals surface area contributed by atoms with E-state index in [-0.39, 0.29) is 11.6 Å². The SMILES string of the molecule is O=C1c2ccccc2C(=O)c2ccccc21.c1ccc2c(c1)OCO2. The number of hydrogen-bond donors (Lipinski definition) is 0. The molecule has 0 atom stereocenters. The van der Waals surface area contributed by atoms with Crippen molar-refractivity contribution in [3.8, 4) is 11.5 Å². The molecule has 1 aliphatic heterocycles. The Balaban J connectivity index is 0.000000147. The van der Waals surface area contributed by atoms with E-state index in [1.165, 1.54) is 0 Å². The smallest absolute Gasteiger partial charge is 0.231 e. The van der Waals surface area contributed by atoms with Crippen molar-refractivity contribution < 1.29 is 19.1 Å². The second-order valence-electron chi connectivity index (χ2n) is 5.60. The number of carbonyl (C=O) groups excluding carboxylic acids is 2. The summed E-state index contributed by atoms with van der Waals surface area (Å²) in [5.74, 6) is 1.56. The van der Waals surface area contributed by atoms with E-state index in [9.17, 15) is 9.59 Å². The summed E-state index contributed by atoms with van der Waals surface area (Å²) in [6, 6.07) is 21.5. The number of rotatable bonds is 0. The van der Waals surface area contributed by atoms with Crippen LogP contribution in [0.15, 0.2) is 72.8 Å². The number of para-hydroxylation sites is 2. The Morgan fingerprint density at radius 3 is 1.20 bits per heavy atom. The fourth-order valence-electron chi connectivity index (χ4n) is 2.89. The van der Waals surface area contributed by atoms with Gasteiger partial charge in [0.1, 0.15) is 0 Å². The molecule has 0 radical (unpaired) electrons. The molecule has 0 bridgehead atoms. The predicted octanol–water partition coefficient (Wildman–Crippen LogP) is 3.88. The van der Waals surface area contributed by atoms with Crippen LogP contribution in [-0.4, -0.2) is 18.4 Å². The Kier molecular flexibility index (Phi) is 3.78. The van der Waals surface area contributed by atoms with Crippen LogP contribution >= 0.6 is 0 Å². The molecule has 4 heteroatoms. The molecule has 4 nitrogen and oxygen atoms in total. The molecular formula is C21H14O4. The number of fused-ring (bicyclic) bond motifs is 3. The molecule has 0 saturated carbocycles. The molecule has 2 aliphatic rings. The van der Waals surface area contributed by atoms with Crippen molar-refractivity contribution in [2.45, 2.75) is 0 Å². The van der Waals surface area contributed by atoms with E-state index in [0.717, 1.165) is 11.5 Å². The predicted molar refractivity (Wildman–Crippen MR) is 92.3 cm³/mol. The molecule has 3 aromatic carbocycles. The topological polar surface area (TPSA) is 52.6 Å². The summed E-state index contributed by atoms with van der Waals surface area (Å²) in [5.41, 5.74) is 2.02. The molecule has 25 heavy (non-hydrogen) atoms. The van der Waals surface area contributed by atoms with Crippen LogP contribution in [0.1, 0.15) is 31.8 Å². The summed E-state index contributed by atoms with van der Waals surface area (Å²) in [6.45, 7) is 0.360. The van der Waals surface area contributed by atoms with Gasteiger partial charge >= 0.3 is 0 Å². The van der Waals surface area contributed by atoms with Gasteiger partial charge in [0.05, 0.1) is 0 Å². The standard InChI is InChI=1S/C14H8O2.C7H6O2/c15-13-9-5-1-2-6-10(9)14(16)12-8-4-3-7-11(12)13;1-2-4-7-6(3-1)8-5-9-7/h1-8H;1-4H,5H2. The van der Waals surface area contributed by atoms with Gasteiger partial charge in [-0.15, -0.1) is 0 Å². The summed E-state index contributed by atoms with van der Waals surface area (Å²) >= 11 is 0. The molecule has 0 spiro atoms. The molecule has 0 saturated heterocycles. The summed E-state index contributed by atoms with van der Waals surface area (Å²) in [7, 11) is 0. The Hall–Kier alpha value is -3.40. The first-order valence-corrected chi connectivity index (χ1v) is 7.88. The van der Waals surface area contributed by atoms with Crippen molar-refractivity contribution in [3.63, 3.8) is 0 Å². The van der Waals surface area contributed by atoms with Crippen LogP contribution in [0.3, 0.4) is 0 Å². The van der Waals surface area contributed by atoms with E-state index < -0.39 is 0 Å². The van der Waals surface area contributed by atoms with Crippen LogP contribution in [0, 0.1) is 0 Å². The van der Waals surface area contributed by atoms with Gasteiger partial charge in [-0.25, -0.2) is 0 Å². The maximum Gasteiger partial charge on any atom is 0.231 e. The highest BCUT2D eigenvalue weighted by Gasteiger charge is 2.28. The largest absolute Gasteiger partial charge is 0.454 e. The number of ether oxygens (including phenoxy) is 2. The van der Waals surface area contributed by atoms with Gasteiger partial charge in [-0.2, -0.15) is 0 Å². The van der Waals surface area contributed by atoms with E-state index >= 15 is 0 Å². The lowest BCUT2D eigenvalue weighted by Crippen LogP contribution is -2.20. The van der Waals surface area contributed by atoms with Crippen LogP contribution < -0.4 is 9.47 Å². The van der Waals surface area contributed by atoms with Crippen molar-refractivity contribution in [2.75, 3.05) is 6.79 Å². The van der Waals surface area contributed by atoms with Gasteiger partial charge in [-0.05, 0) is 12.1 Å². The van der Waals surface area contributed by atoms with Gasteiger partial charge in [0, 0.05) is 22.3 Å². The second kappa shape index (κ2) is 6.24. The second-order valence-corrected chi connectivity index (χ2v) is 5.60. The number of carbonyl (C=O) groups is 2. The lowest BCUT2D eigenvalue weighted by molar-refractivity contribution is 0.0979. The number of benzene rings is 3. The molecule has 0 unspecified atom stereocenters. The molecule has 0 fully saturated rings. The molecule has 1 aliphatic carbocycles. The molecule has 3 aromatic rings. The summed E-state index contributed by atoms with van der Waals surface area (Å²) in [4.78, 5) is 24.2. The highest BCUT2D eigenvalue weighted by molar-refractivity contribution is 6.28. The zero-order valence-corrected chi connectivity index (χ0v) is 13.3. The first-order chi connectivity index (χ1) is 12.3. The maximum atomic E-state index is 12.1. The minimum atomic E-state index is -0.0641. The van der Waals surface area contributed by atoms with Crippen molar-refractivity contribution >= 4 is 11.6 Å². The Morgan fingerprint density at radius 2 is 0.840 bits per heavy atom. The van der Waals surface area contributed by atoms with E-state index in [1.54, 1.807) is 48.5 Å². The van der Waals surface area contributed by atoms with Gasteiger partial charge in [-0.3, -0.25) is 9.59 Å². The summed E-state index contributed by atoms with van der Waals surface area (Å²) in [6.07, 6.45) is 0. The Labute approximate surface area is 144 Å². The molecular weight excluding hydrogens is 316 g/mol. The molecule has 5 rings (SSSR count). The minimum Gasteiger partial charge on any atom is -0.454 e. The third kappa shape index (κ3) is 2.68. The van der Waals surface area contributed by atoms with Crippen molar-refractivity contribution in [3.05, 3.63) is 95.1 Å². The van der Waals surface area contributed by atoms with E-state index in [4.69, 9.17) is 9.47 Å². The molecule has 0 aromatic heterocycles. The summed E-state index contributed by atoms with van der Waals surface area (Å²) < 4.78 is 10.2. The van der Waals surface area contributed by atoms with Crippen LogP contribution in [0.5, 0.6) is 11.5 Å². The maximum absolute atomic E-state index is 12.1. The highest BCUT2D eigenvalue weighted by Crippen LogP contribution is 2.30. The number of ketones is 2. The van der Waals surface area contributed by atoms with Gasteiger partial charge < -0.3 is 9.47 Å². The zero-order chi connectivity index (χ0) is 17.2. The third-order valence-electron chi connectivity index (χ3n) is 4.11. The average molecular weight is 330 g/mol. The lowest BCUT2D eigenvalue weighted by atomic mass is 9.84. The zero-order valence-electron chi connectivity index (χ0n) is 13.3. The van der Waals surface area contributed by atoms with E-state index in [1.807, 2.05) is 24.3 Å². The van der Waals surface area contributed by atoms with Crippen LogP contribution in [0.25, 0.3) is 0 Å². The number of hydrogen-bond acceptors (Lipinski definition) is 4.